The third-order valence-corrected chi connectivity index (χ3v) is 5.59. The van der Waals surface area contributed by atoms with Gasteiger partial charge in [0.05, 0.1) is 5.54 Å². The number of rotatable bonds is 6. The van der Waals surface area contributed by atoms with Crippen LogP contribution in [0.4, 0.5) is 0 Å². The molecule has 21 heavy (non-hydrogen) atoms. The van der Waals surface area contributed by atoms with E-state index in [1.165, 1.54) is 38.8 Å². The predicted octanol–water partition coefficient (Wildman–Crippen LogP) is 0.541. The van der Waals surface area contributed by atoms with Crippen LogP contribution in [0.25, 0.3) is 0 Å². The normalized spacial score (nSPS) is 31.6. The fourth-order valence-corrected chi connectivity index (χ4v) is 4.04. The summed E-state index contributed by atoms with van der Waals surface area (Å²) in [5, 5.41) is 3.47. The summed E-state index contributed by atoms with van der Waals surface area (Å²) in [6, 6.07) is 1.63. The van der Waals surface area contributed by atoms with Gasteiger partial charge in [-0.3, -0.25) is 14.6 Å². The Morgan fingerprint density at radius 1 is 1.33 bits per heavy atom. The van der Waals surface area contributed by atoms with Gasteiger partial charge in [-0.2, -0.15) is 0 Å². The van der Waals surface area contributed by atoms with Crippen molar-refractivity contribution in [3.8, 4) is 0 Å². The molecule has 3 aliphatic rings. The number of piperazine rings is 1. The first-order valence-corrected chi connectivity index (χ1v) is 8.53. The Bertz CT molecular complexity index is 398. The van der Waals surface area contributed by atoms with Gasteiger partial charge in [0.2, 0.25) is 5.91 Å². The lowest BCUT2D eigenvalue weighted by molar-refractivity contribution is -0.124. The van der Waals surface area contributed by atoms with Gasteiger partial charge in [-0.15, -0.1) is 0 Å². The van der Waals surface area contributed by atoms with E-state index in [9.17, 15) is 4.79 Å². The van der Waals surface area contributed by atoms with Crippen LogP contribution >= 0.6 is 0 Å². The number of fused-ring (bicyclic) bond motifs is 1. The molecule has 3 N–H and O–H groups in total. The molecule has 0 radical (unpaired) electrons. The van der Waals surface area contributed by atoms with Gasteiger partial charge in [-0.1, -0.05) is 0 Å². The van der Waals surface area contributed by atoms with E-state index in [0.29, 0.717) is 12.1 Å². The lowest BCUT2D eigenvalue weighted by atomic mass is 9.91. The van der Waals surface area contributed by atoms with Gasteiger partial charge in [-0.05, 0) is 52.5 Å². The number of hydrogen-bond acceptors (Lipinski definition) is 4. The molecule has 0 spiro atoms. The zero-order chi connectivity index (χ0) is 15.0. The first-order valence-electron chi connectivity index (χ1n) is 8.53. The molecule has 1 saturated carbocycles. The van der Waals surface area contributed by atoms with E-state index in [0.717, 1.165) is 25.6 Å². The molecular weight excluding hydrogens is 264 g/mol. The van der Waals surface area contributed by atoms with Crippen molar-refractivity contribution in [2.45, 2.75) is 69.6 Å². The van der Waals surface area contributed by atoms with Gasteiger partial charge in [0, 0.05) is 37.8 Å². The minimum Gasteiger partial charge on any atom is -0.368 e. The van der Waals surface area contributed by atoms with E-state index in [-0.39, 0.29) is 5.91 Å². The monoisotopic (exact) mass is 294 g/mol. The van der Waals surface area contributed by atoms with Crippen LogP contribution in [-0.2, 0) is 4.79 Å². The fourth-order valence-electron chi connectivity index (χ4n) is 4.04. The first-order chi connectivity index (χ1) is 9.98. The summed E-state index contributed by atoms with van der Waals surface area (Å²) < 4.78 is 0. The summed E-state index contributed by atoms with van der Waals surface area (Å²) in [5.74, 6) is -0.208. The van der Waals surface area contributed by atoms with Crippen LogP contribution < -0.4 is 11.1 Å². The summed E-state index contributed by atoms with van der Waals surface area (Å²) in [5.41, 5.74) is 5.12. The molecule has 0 aromatic heterocycles. The van der Waals surface area contributed by atoms with Gasteiger partial charge in [-0.25, -0.2) is 0 Å². The largest absolute Gasteiger partial charge is 0.368 e. The number of primary amides is 1. The summed E-state index contributed by atoms with van der Waals surface area (Å²) >= 11 is 0. The van der Waals surface area contributed by atoms with Crippen LogP contribution in [0, 0.1) is 0 Å². The highest BCUT2D eigenvalue weighted by atomic mass is 16.1. The molecule has 0 aromatic rings. The number of hydrogen-bond donors (Lipinski definition) is 2. The molecule has 2 heterocycles. The van der Waals surface area contributed by atoms with Crippen molar-refractivity contribution in [2.75, 3.05) is 26.2 Å². The molecular formula is C16H30N4O. The van der Waals surface area contributed by atoms with Crippen molar-refractivity contribution in [3.63, 3.8) is 0 Å². The van der Waals surface area contributed by atoms with Crippen molar-refractivity contribution in [2.24, 2.45) is 5.73 Å². The lowest BCUT2D eigenvalue weighted by Gasteiger charge is -2.42. The summed E-state index contributed by atoms with van der Waals surface area (Å²) in [6.07, 6.45) is 5.84. The number of amides is 1. The quantitative estimate of drug-likeness (QED) is 0.751. The van der Waals surface area contributed by atoms with Crippen LogP contribution in [0.5, 0.6) is 0 Å². The molecule has 3 fully saturated rings. The predicted molar refractivity (Wildman–Crippen MR) is 84.0 cm³/mol. The molecule has 120 valence electrons. The van der Waals surface area contributed by atoms with E-state index in [1.807, 2.05) is 6.92 Å². The van der Waals surface area contributed by atoms with Crippen LogP contribution in [0.3, 0.4) is 0 Å². The van der Waals surface area contributed by atoms with Crippen LogP contribution in [-0.4, -0.2) is 65.6 Å². The lowest BCUT2D eigenvalue weighted by Crippen LogP contribution is -2.59. The zero-order valence-corrected chi connectivity index (χ0v) is 13.5. The van der Waals surface area contributed by atoms with Gasteiger partial charge >= 0.3 is 0 Å². The fraction of sp³-hybridized carbons (Fsp3) is 0.938. The van der Waals surface area contributed by atoms with Crippen molar-refractivity contribution >= 4 is 5.91 Å². The second-order valence-corrected chi connectivity index (χ2v) is 7.50. The number of nitrogens with one attached hydrogen (secondary N) is 1. The van der Waals surface area contributed by atoms with E-state index in [4.69, 9.17) is 5.73 Å². The zero-order valence-electron chi connectivity index (χ0n) is 13.5. The van der Waals surface area contributed by atoms with Gasteiger partial charge in [0.15, 0.2) is 0 Å². The molecule has 2 aliphatic heterocycles. The molecule has 3 atom stereocenters. The molecule has 5 heteroatoms. The Morgan fingerprint density at radius 2 is 2.10 bits per heavy atom. The highest BCUT2D eigenvalue weighted by Crippen LogP contribution is 2.28. The summed E-state index contributed by atoms with van der Waals surface area (Å²) in [4.78, 5) is 17.1. The number of nitrogens with zero attached hydrogens (tertiary/aromatic N) is 2. The van der Waals surface area contributed by atoms with Gasteiger partial charge in [0.25, 0.3) is 0 Å². The van der Waals surface area contributed by atoms with Crippen molar-refractivity contribution in [3.05, 3.63) is 0 Å². The Hall–Kier alpha value is -0.650. The maximum atomic E-state index is 11.9. The molecule has 0 aromatic carbocycles. The average molecular weight is 294 g/mol. The Morgan fingerprint density at radius 3 is 2.76 bits per heavy atom. The van der Waals surface area contributed by atoms with Crippen molar-refractivity contribution < 1.29 is 4.79 Å². The van der Waals surface area contributed by atoms with Crippen LogP contribution in [0.1, 0.15) is 46.0 Å². The molecule has 1 aliphatic carbocycles. The third kappa shape index (κ3) is 3.41. The highest BCUT2D eigenvalue weighted by molar-refractivity contribution is 5.84. The molecule has 5 nitrogen and oxygen atoms in total. The van der Waals surface area contributed by atoms with Gasteiger partial charge < -0.3 is 11.1 Å². The average Bonchev–Trinajstić information content (AvgIpc) is 3.11. The second-order valence-electron chi connectivity index (χ2n) is 7.50. The standard InChI is InChI=1S/C16H30N4O/c1-12(10-16(2,15(17)21)18-13-5-6-13)20-9-8-19-7-3-4-14(19)11-20/h12-14,18H,3-11H2,1-2H3,(H2,17,21). The SMILES string of the molecule is CC(CC(C)(NC1CC1)C(N)=O)N1CCN2CCCC2C1. The van der Waals surface area contributed by atoms with E-state index < -0.39 is 5.54 Å². The Balaban J connectivity index is 1.58. The van der Waals surface area contributed by atoms with E-state index >= 15 is 0 Å². The summed E-state index contributed by atoms with van der Waals surface area (Å²) in [7, 11) is 0. The molecule has 2 saturated heterocycles. The molecule has 3 unspecified atom stereocenters. The summed E-state index contributed by atoms with van der Waals surface area (Å²) in [6.45, 7) is 8.96. The van der Waals surface area contributed by atoms with Gasteiger partial charge in [0.1, 0.15) is 0 Å². The topological polar surface area (TPSA) is 61.6 Å². The van der Waals surface area contributed by atoms with Crippen LogP contribution in [0.15, 0.2) is 0 Å². The minimum absolute atomic E-state index is 0.208. The molecule has 3 rings (SSSR count). The highest BCUT2D eigenvalue weighted by Gasteiger charge is 2.40. The second kappa shape index (κ2) is 5.86. The van der Waals surface area contributed by atoms with E-state index in [2.05, 4.69) is 22.0 Å². The third-order valence-electron chi connectivity index (χ3n) is 5.59. The van der Waals surface area contributed by atoms with E-state index in [1.54, 1.807) is 0 Å². The molecule has 1 amide bonds. The maximum absolute atomic E-state index is 11.9. The van der Waals surface area contributed by atoms with Crippen molar-refractivity contribution in [1.29, 1.82) is 0 Å². The number of carbonyl (C=O) groups excluding carboxylic acids is 1. The number of nitrogens with two attached hydrogens (primary N) is 1. The van der Waals surface area contributed by atoms with Crippen LogP contribution in [0.2, 0.25) is 0 Å². The van der Waals surface area contributed by atoms with Crippen molar-refractivity contribution in [1.82, 2.24) is 15.1 Å². The molecule has 0 bridgehead atoms. The Kier molecular flexibility index (Phi) is 4.26. The number of carbonyl (C=O) groups is 1. The Labute approximate surface area is 128 Å². The first kappa shape index (κ1) is 15.3. The smallest absolute Gasteiger partial charge is 0.237 e. The minimum atomic E-state index is -0.562. The maximum Gasteiger partial charge on any atom is 0.237 e.